The van der Waals surface area contributed by atoms with Gasteiger partial charge < -0.3 is 14.5 Å². The van der Waals surface area contributed by atoms with Gasteiger partial charge in [0.25, 0.3) is 5.91 Å². The van der Waals surface area contributed by atoms with Crippen LogP contribution in [-0.4, -0.2) is 18.5 Å². The predicted molar refractivity (Wildman–Crippen MR) is 133 cm³/mol. The monoisotopic (exact) mass is 499 g/mol. The average molecular weight is 500 g/mol. The lowest BCUT2D eigenvalue weighted by atomic mass is 10.0. The second-order valence-electron chi connectivity index (χ2n) is 7.13. The van der Waals surface area contributed by atoms with Crippen LogP contribution in [0.3, 0.4) is 0 Å². The van der Waals surface area contributed by atoms with Gasteiger partial charge in [-0.25, -0.2) is 4.79 Å². The van der Waals surface area contributed by atoms with Gasteiger partial charge in [0.2, 0.25) is 0 Å². The molecule has 5 nitrogen and oxygen atoms in total. The summed E-state index contributed by atoms with van der Waals surface area (Å²) in [5.74, 6) is -0.00588. The molecule has 0 spiro atoms. The molecule has 2 heterocycles. The minimum absolute atomic E-state index is 0.225. The van der Waals surface area contributed by atoms with Crippen LogP contribution in [0.5, 0.6) is 0 Å². The van der Waals surface area contributed by atoms with E-state index < -0.39 is 11.9 Å². The smallest absolute Gasteiger partial charge is 0.341 e. The first kappa shape index (κ1) is 23.1. The third kappa shape index (κ3) is 4.98. The van der Waals surface area contributed by atoms with Crippen molar-refractivity contribution in [3.63, 3.8) is 0 Å². The van der Waals surface area contributed by atoms with E-state index in [1.165, 1.54) is 11.3 Å². The van der Waals surface area contributed by atoms with Gasteiger partial charge in [-0.3, -0.25) is 4.79 Å². The van der Waals surface area contributed by atoms with Gasteiger partial charge in [0.1, 0.15) is 22.1 Å². The van der Waals surface area contributed by atoms with Crippen molar-refractivity contribution in [2.45, 2.75) is 13.8 Å². The molecule has 0 unspecified atom stereocenters. The predicted octanol–water partition coefficient (Wildman–Crippen LogP) is 7.72. The molecule has 0 radical (unpaired) electrons. The number of thiophene rings is 1. The van der Waals surface area contributed by atoms with E-state index in [1.54, 1.807) is 38.1 Å². The van der Waals surface area contributed by atoms with E-state index in [0.29, 0.717) is 48.8 Å². The van der Waals surface area contributed by atoms with Crippen molar-refractivity contribution < 1.29 is 18.7 Å². The molecule has 1 amide bonds. The zero-order valence-corrected chi connectivity index (χ0v) is 20.1. The molecule has 168 valence electrons. The summed E-state index contributed by atoms with van der Waals surface area (Å²) in [4.78, 5) is 25.9. The Morgan fingerprint density at radius 3 is 2.39 bits per heavy atom. The molecule has 0 fully saturated rings. The largest absolute Gasteiger partial charge is 0.462 e. The first-order valence-corrected chi connectivity index (χ1v) is 11.7. The molecule has 0 bridgehead atoms. The molecule has 0 atom stereocenters. The molecule has 2 aromatic heterocycles. The van der Waals surface area contributed by atoms with Crippen molar-refractivity contribution in [1.29, 1.82) is 0 Å². The second-order valence-corrected chi connectivity index (χ2v) is 8.89. The summed E-state index contributed by atoms with van der Waals surface area (Å²) in [6.45, 7) is 3.66. The van der Waals surface area contributed by atoms with Crippen LogP contribution < -0.4 is 5.32 Å². The molecule has 0 aliphatic heterocycles. The van der Waals surface area contributed by atoms with Gasteiger partial charge in [0, 0.05) is 26.6 Å². The van der Waals surface area contributed by atoms with Crippen molar-refractivity contribution in [1.82, 2.24) is 0 Å². The van der Waals surface area contributed by atoms with Gasteiger partial charge in [-0.05, 0) is 43.7 Å². The number of furan rings is 1. The molecule has 4 rings (SSSR count). The Morgan fingerprint density at radius 2 is 1.73 bits per heavy atom. The highest BCUT2D eigenvalue weighted by molar-refractivity contribution is 7.15. The Kier molecular flexibility index (Phi) is 6.88. The number of carbonyl (C=O) groups is 2. The molecule has 2 aromatic carbocycles. The zero-order valence-electron chi connectivity index (χ0n) is 17.8. The minimum Gasteiger partial charge on any atom is -0.462 e. The lowest BCUT2D eigenvalue weighted by Gasteiger charge is -2.08. The first-order chi connectivity index (χ1) is 15.9. The fourth-order valence-electron chi connectivity index (χ4n) is 3.40. The van der Waals surface area contributed by atoms with E-state index in [4.69, 9.17) is 32.4 Å². The maximum absolute atomic E-state index is 13.1. The first-order valence-electron chi connectivity index (χ1n) is 10.1. The molecule has 8 heteroatoms. The number of benzene rings is 2. The lowest BCUT2D eigenvalue weighted by Crippen LogP contribution is -2.15. The molecule has 4 aromatic rings. The summed E-state index contributed by atoms with van der Waals surface area (Å²) in [5.41, 5.74) is 2.88. The molecule has 33 heavy (non-hydrogen) atoms. The second kappa shape index (κ2) is 9.83. The number of anilines is 1. The maximum atomic E-state index is 13.1. The number of ether oxygens (including phenoxy) is 1. The summed E-state index contributed by atoms with van der Waals surface area (Å²) < 4.78 is 11.1. The number of rotatable bonds is 6. The number of nitrogens with one attached hydrogen (secondary N) is 1. The van der Waals surface area contributed by atoms with Crippen LogP contribution in [0.4, 0.5) is 5.00 Å². The van der Waals surface area contributed by atoms with E-state index in [0.717, 1.165) is 5.56 Å². The van der Waals surface area contributed by atoms with Gasteiger partial charge in [0.15, 0.2) is 0 Å². The molecule has 1 N–H and O–H groups in total. The highest BCUT2D eigenvalue weighted by Crippen LogP contribution is 2.37. The number of halogens is 2. The number of hydrogen-bond acceptors (Lipinski definition) is 5. The highest BCUT2D eigenvalue weighted by atomic mass is 35.5. The Bertz CT molecular complexity index is 1310. The van der Waals surface area contributed by atoms with Gasteiger partial charge in [-0.15, -0.1) is 11.3 Å². The Balaban J connectivity index is 1.67. The topological polar surface area (TPSA) is 68.5 Å². The third-order valence-electron chi connectivity index (χ3n) is 4.89. The molecule has 0 saturated heterocycles. The molecule has 0 aliphatic rings. The molecular formula is C25H19Cl2NO4S. The van der Waals surface area contributed by atoms with Gasteiger partial charge in [0.05, 0.1) is 12.2 Å². The number of carbonyl (C=O) groups excluding carboxylic acids is 2. The van der Waals surface area contributed by atoms with Gasteiger partial charge in [-0.2, -0.15) is 0 Å². The molecular weight excluding hydrogens is 481 g/mol. The van der Waals surface area contributed by atoms with Crippen LogP contribution in [0.1, 0.15) is 33.4 Å². The van der Waals surface area contributed by atoms with Crippen LogP contribution in [0, 0.1) is 6.92 Å². The highest BCUT2D eigenvalue weighted by Gasteiger charge is 2.24. The fourth-order valence-corrected chi connectivity index (χ4v) is 4.88. The summed E-state index contributed by atoms with van der Waals surface area (Å²) >= 11 is 13.5. The van der Waals surface area contributed by atoms with Crippen molar-refractivity contribution in [3.8, 4) is 22.5 Å². The number of esters is 1. The van der Waals surface area contributed by atoms with E-state index in [9.17, 15) is 9.59 Å². The lowest BCUT2D eigenvalue weighted by molar-refractivity contribution is 0.0529. The van der Waals surface area contributed by atoms with Crippen LogP contribution in [-0.2, 0) is 4.74 Å². The summed E-state index contributed by atoms with van der Waals surface area (Å²) in [6, 6.07) is 16.1. The number of hydrogen-bond donors (Lipinski definition) is 1. The number of aryl methyl sites for hydroxylation is 1. The maximum Gasteiger partial charge on any atom is 0.341 e. The molecule has 0 saturated carbocycles. The summed E-state index contributed by atoms with van der Waals surface area (Å²) in [7, 11) is 0. The van der Waals surface area contributed by atoms with Crippen molar-refractivity contribution in [2.24, 2.45) is 0 Å². The van der Waals surface area contributed by atoms with Crippen molar-refractivity contribution in [3.05, 3.63) is 86.9 Å². The van der Waals surface area contributed by atoms with Crippen LogP contribution in [0.25, 0.3) is 22.5 Å². The van der Waals surface area contributed by atoms with E-state index >= 15 is 0 Å². The quantitative estimate of drug-likeness (QED) is 0.275. The van der Waals surface area contributed by atoms with Crippen molar-refractivity contribution >= 4 is 51.4 Å². The van der Waals surface area contributed by atoms with E-state index in [-0.39, 0.29) is 6.61 Å². The average Bonchev–Trinajstić information content (AvgIpc) is 3.37. The SMILES string of the molecule is CCOC(=O)c1c(-c2ccccc2)csc1NC(=O)c1cc(-c2cc(Cl)cc(Cl)c2)oc1C. The Labute approximate surface area is 204 Å². The summed E-state index contributed by atoms with van der Waals surface area (Å²) in [5, 5.41) is 6.01. The van der Waals surface area contributed by atoms with Crippen LogP contribution >= 0.6 is 34.5 Å². The third-order valence-corrected chi connectivity index (χ3v) is 6.22. The fraction of sp³-hybridized carbons (Fsp3) is 0.120. The van der Waals surface area contributed by atoms with E-state index in [1.807, 2.05) is 35.7 Å². The Hall–Kier alpha value is -3.06. The van der Waals surface area contributed by atoms with Crippen molar-refractivity contribution in [2.75, 3.05) is 11.9 Å². The normalized spacial score (nSPS) is 10.8. The molecule has 0 aliphatic carbocycles. The number of amides is 1. The summed E-state index contributed by atoms with van der Waals surface area (Å²) in [6.07, 6.45) is 0. The Morgan fingerprint density at radius 1 is 1.03 bits per heavy atom. The minimum atomic E-state index is -0.494. The van der Waals surface area contributed by atoms with E-state index in [2.05, 4.69) is 5.32 Å². The van der Waals surface area contributed by atoms with Gasteiger partial charge >= 0.3 is 5.97 Å². The van der Waals surface area contributed by atoms with Crippen LogP contribution in [0.2, 0.25) is 10.0 Å². The van der Waals surface area contributed by atoms with Crippen LogP contribution in [0.15, 0.2) is 64.4 Å². The zero-order chi connectivity index (χ0) is 23.5. The van der Waals surface area contributed by atoms with Gasteiger partial charge in [-0.1, -0.05) is 53.5 Å². The standard InChI is InChI=1S/C25H19Cl2NO4S/c1-3-31-25(30)22-20(15-7-5-4-6-8-15)13-33-24(22)28-23(29)19-12-21(32-14(19)2)16-9-17(26)11-18(27)10-16/h4-13H,3H2,1-2H3,(H,28,29).